The van der Waals surface area contributed by atoms with E-state index in [2.05, 4.69) is 11.9 Å². The summed E-state index contributed by atoms with van der Waals surface area (Å²) in [6.07, 6.45) is 0. The Labute approximate surface area is 76.0 Å². The normalized spacial score (nSPS) is 6.42. The van der Waals surface area contributed by atoms with Gasteiger partial charge in [-0.05, 0) is 6.92 Å². The van der Waals surface area contributed by atoms with Crippen molar-refractivity contribution in [3.63, 3.8) is 0 Å². The van der Waals surface area contributed by atoms with Crippen LogP contribution in [0.4, 0.5) is 0 Å². The van der Waals surface area contributed by atoms with Crippen molar-refractivity contribution < 1.29 is 4.79 Å². The second-order valence-corrected chi connectivity index (χ2v) is 1.60. The highest BCUT2D eigenvalue weighted by atomic mass is 16.1. The van der Waals surface area contributed by atoms with E-state index in [0.717, 1.165) is 5.70 Å². The van der Waals surface area contributed by atoms with Crippen LogP contribution in [0, 0.1) is 0 Å². The minimum absolute atomic E-state index is 0.176. The summed E-state index contributed by atoms with van der Waals surface area (Å²) in [5.41, 5.74) is 5.55. The van der Waals surface area contributed by atoms with E-state index in [1.54, 1.807) is 6.92 Å². The highest BCUT2D eigenvalue weighted by molar-refractivity contribution is 5.76. The Morgan fingerprint density at radius 3 is 1.75 bits per heavy atom. The van der Waals surface area contributed by atoms with Crippen molar-refractivity contribution in [3.05, 3.63) is 12.3 Å². The van der Waals surface area contributed by atoms with Crippen molar-refractivity contribution in [2.24, 2.45) is 5.73 Å². The predicted octanol–water partition coefficient (Wildman–Crippen LogP) is 1.65. The second kappa shape index (κ2) is 16.5. The van der Waals surface area contributed by atoms with Gasteiger partial charge in [0.05, 0.1) is 6.54 Å². The molecule has 0 aliphatic heterocycles. The number of carbonyl (C=O) groups is 1. The molecule has 3 N–H and O–H groups in total. The van der Waals surface area contributed by atoms with Crippen LogP contribution in [0.1, 0.15) is 34.6 Å². The van der Waals surface area contributed by atoms with Crippen LogP contribution in [-0.4, -0.2) is 12.5 Å². The predicted molar refractivity (Wildman–Crippen MR) is 54.7 cm³/mol. The Morgan fingerprint density at radius 2 is 1.67 bits per heavy atom. The number of hydrogen-bond acceptors (Lipinski definition) is 2. The smallest absolute Gasteiger partial charge is 0.236 e. The van der Waals surface area contributed by atoms with E-state index in [1.165, 1.54) is 0 Å². The molecule has 0 aromatic heterocycles. The zero-order valence-electron chi connectivity index (χ0n) is 8.90. The number of primary amides is 1. The average molecular weight is 174 g/mol. The quantitative estimate of drug-likeness (QED) is 0.683. The average Bonchev–Trinajstić information content (AvgIpc) is 2.08. The van der Waals surface area contributed by atoms with Crippen LogP contribution in [0.2, 0.25) is 0 Å². The number of rotatable bonds is 3. The monoisotopic (exact) mass is 174 g/mol. The molecule has 0 radical (unpaired) electrons. The molecule has 0 saturated carbocycles. The number of nitrogens with one attached hydrogen (secondary N) is 1. The molecule has 3 heteroatoms. The zero-order valence-corrected chi connectivity index (χ0v) is 8.90. The Balaban J connectivity index is -0.000000175. The molecule has 74 valence electrons. The molecule has 0 aliphatic carbocycles. The third-order valence-electron chi connectivity index (χ3n) is 0.564. The van der Waals surface area contributed by atoms with Gasteiger partial charge in [0.15, 0.2) is 0 Å². The number of amides is 1. The van der Waals surface area contributed by atoms with Crippen molar-refractivity contribution in [3.8, 4) is 0 Å². The first-order chi connectivity index (χ1) is 5.63. The fourth-order valence-electron chi connectivity index (χ4n) is 0.238. The lowest BCUT2D eigenvalue weighted by Gasteiger charge is -1.98. The lowest BCUT2D eigenvalue weighted by atomic mass is 10.5. The molecule has 0 aromatic rings. The minimum atomic E-state index is -0.368. The first kappa shape index (κ1) is 17.2. The zero-order chi connectivity index (χ0) is 10.6. The van der Waals surface area contributed by atoms with Gasteiger partial charge in [-0.15, -0.1) is 0 Å². The molecule has 0 spiro atoms. The molecule has 0 aliphatic rings. The first-order valence-electron chi connectivity index (χ1n) is 4.30. The van der Waals surface area contributed by atoms with E-state index in [0.29, 0.717) is 0 Å². The third-order valence-corrected chi connectivity index (χ3v) is 0.564. The molecule has 0 unspecified atom stereocenters. The lowest BCUT2D eigenvalue weighted by Crippen LogP contribution is -2.26. The van der Waals surface area contributed by atoms with Gasteiger partial charge >= 0.3 is 0 Å². The van der Waals surface area contributed by atoms with Crippen molar-refractivity contribution >= 4 is 5.91 Å². The maximum Gasteiger partial charge on any atom is 0.236 e. The van der Waals surface area contributed by atoms with Crippen LogP contribution in [-0.2, 0) is 4.79 Å². The number of allylic oxidation sites excluding steroid dienone is 1. The topological polar surface area (TPSA) is 55.1 Å². The SMILES string of the molecule is C=C(C)NCC(N)=O.CC.CC. The van der Waals surface area contributed by atoms with Gasteiger partial charge in [-0.2, -0.15) is 0 Å². The fourth-order valence-corrected chi connectivity index (χ4v) is 0.238. The van der Waals surface area contributed by atoms with E-state index in [4.69, 9.17) is 5.73 Å². The number of hydrogen-bond donors (Lipinski definition) is 2. The van der Waals surface area contributed by atoms with Gasteiger partial charge in [-0.3, -0.25) is 4.79 Å². The van der Waals surface area contributed by atoms with Gasteiger partial charge < -0.3 is 11.1 Å². The van der Waals surface area contributed by atoms with Gasteiger partial charge in [-0.25, -0.2) is 0 Å². The minimum Gasteiger partial charge on any atom is -0.380 e. The van der Waals surface area contributed by atoms with E-state index < -0.39 is 0 Å². The molecule has 0 heterocycles. The Bertz CT molecular complexity index is 97.1. The Morgan fingerprint density at radius 1 is 1.33 bits per heavy atom. The molecule has 12 heavy (non-hydrogen) atoms. The molecule has 0 rings (SSSR count). The summed E-state index contributed by atoms with van der Waals surface area (Å²) >= 11 is 0. The van der Waals surface area contributed by atoms with Gasteiger partial charge in [-0.1, -0.05) is 34.3 Å². The number of nitrogens with two attached hydrogens (primary N) is 1. The summed E-state index contributed by atoms with van der Waals surface area (Å²) in [4.78, 5) is 10.0. The van der Waals surface area contributed by atoms with E-state index in [-0.39, 0.29) is 12.5 Å². The molecular formula is C9H22N2O. The van der Waals surface area contributed by atoms with Crippen molar-refractivity contribution in [2.75, 3.05) is 6.54 Å². The van der Waals surface area contributed by atoms with Gasteiger partial charge in [0.25, 0.3) is 0 Å². The molecule has 0 bridgehead atoms. The molecule has 0 atom stereocenters. The molecule has 1 amide bonds. The standard InChI is InChI=1S/C5H10N2O.2C2H6/c1-4(2)7-3-5(6)8;2*1-2/h7H,1,3H2,2H3,(H2,6,8);2*1-2H3. The van der Waals surface area contributed by atoms with Crippen LogP contribution in [0.15, 0.2) is 12.3 Å². The third kappa shape index (κ3) is 36.0. The Hall–Kier alpha value is -0.990. The highest BCUT2D eigenvalue weighted by Crippen LogP contribution is 1.73. The summed E-state index contributed by atoms with van der Waals surface area (Å²) in [6, 6.07) is 0. The summed E-state index contributed by atoms with van der Waals surface area (Å²) in [5.74, 6) is -0.368. The summed E-state index contributed by atoms with van der Waals surface area (Å²) < 4.78 is 0. The van der Waals surface area contributed by atoms with Gasteiger partial charge in [0.1, 0.15) is 0 Å². The summed E-state index contributed by atoms with van der Waals surface area (Å²) in [5, 5.41) is 2.68. The fraction of sp³-hybridized carbons (Fsp3) is 0.667. The first-order valence-corrected chi connectivity index (χ1v) is 4.30. The molecular weight excluding hydrogens is 152 g/mol. The van der Waals surface area contributed by atoms with Crippen LogP contribution < -0.4 is 11.1 Å². The maximum atomic E-state index is 10.0. The van der Waals surface area contributed by atoms with Crippen LogP contribution >= 0.6 is 0 Å². The molecule has 0 aromatic carbocycles. The van der Waals surface area contributed by atoms with E-state index in [9.17, 15) is 4.79 Å². The summed E-state index contributed by atoms with van der Waals surface area (Å²) in [6.45, 7) is 13.5. The van der Waals surface area contributed by atoms with E-state index >= 15 is 0 Å². The lowest BCUT2D eigenvalue weighted by molar-refractivity contribution is -0.117. The van der Waals surface area contributed by atoms with E-state index in [1.807, 2.05) is 27.7 Å². The van der Waals surface area contributed by atoms with Gasteiger partial charge in [0, 0.05) is 5.70 Å². The van der Waals surface area contributed by atoms with Crippen LogP contribution in [0.3, 0.4) is 0 Å². The van der Waals surface area contributed by atoms with Crippen LogP contribution in [0.25, 0.3) is 0 Å². The molecule has 0 fully saturated rings. The highest BCUT2D eigenvalue weighted by Gasteiger charge is 1.88. The Kier molecular flexibility index (Phi) is 23.7. The molecule has 0 saturated heterocycles. The van der Waals surface area contributed by atoms with Crippen molar-refractivity contribution in [2.45, 2.75) is 34.6 Å². The largest absolute Gasteiger partial charge is 0.380 e. The van der Waals surface area contributed by atoms with Crippen molar-refractivity contribution in [1.29, 1.82) is 0 Å². The second-order valence-electron chi connectivity index (χ2n) is 1.60. The van der Waals surface area contributed by atoms with Crippen LogP contribution in [0.5, 0.6) is 0 Å². The van der Waals surface area contributed by atoms with Gasteiger partial charge in [0.2, 0.25) is 5.91 Å². The van der Waals surface area contributed by atoms with Crippen molar-refractivity contribution in [1.82, 2.24) is 5.32 Å². The summed E-state index contributed by atoms with van der Waals surface area (Å²) in [7, 11) is 0. The maximum absolute atomic E-state index is 10.0. The molecule has 3 nitrogen and oxygen atoms in total. The number of carbonyl (C=O) groups excluding carboxylic acids is 1.